The maximum absolute atomic E-state index is 13.9. The summed E-state index contributed by atoms with van der Waals surface area (Å²) in [5.41, 5.74) is 3.94. The number of benzene rings is 3. The first-order chi connectivity index (χ1) is 17.0. The monoisotopic (exact) mass is 539 g/mol. The van der Waals surface area contributed by atoms with E-state index in [1.54, 1.807) is 6.07 Å². The number of hydrogen-bond donors (Lipinski definition) is 1. The molecule has 184 valence electrons. The summed E-state index contributed by atoms with van der Waals surface area (Å²) in [4.78, 5) is 11.3. The predicted octanol–water partition coefficient (Wildman–Crippen LogP) is 6.84. The van der Waals surface area contributed by atoms with Gasteiger partial charge in [-0.3, -0.25) is 4.79 Å². The summed E-state index contributed by atoms with van der Waals surface area (Å²) >= 11 is 3.58. The van der Waals surface area contributed by atoms with E-state index in [1.807, 2.05) is 42.5 Å². The van der Waals surface area contributed by atoms with E-state index in [2.05, 4.69) is 27.3 Å². The molecule has 1 amide bonds. The summed E-state index contributed by atoms with van der Waals surface area (Å²) in [5.74, 6) is 0.445. The van der Waals surface area contributed by atoms with Crippen LogP contribution in [0.3, 0.4) is 0 Å². The van der Waals surface area contributed by atoms with Crippen LogP contribution in [0.15, 0.2) is 71.2 Å². The van der Waals surface area contributed by atoms with Crippen LogP contribution in [-0.4, -0.2) is 24.7 Å². The van der Waals surface area contributed by atoms with Gasteiger partial charge in [-0.1, -0.05) is 52.3 Å². The zero-order valence-electron chi connectivity index (χ0n) is 19.9. The fourth-order valence-corrected chi connectivity index (χ4v) is 4.88. The molecule has 4 nitrogen and oxygen atoms in total. The Morgan fingerprint density at radius 2 is 1.74 bits per heavy atom. The average molecular weight is 540 g/mol. The maximum atomic E-state index is 13.9. The van der Waals surface area contributed by atoms with Crippen LogP contribution in [0.2, 0.25) is 0 Å². The molecule has 1 aliphatic rings. The molecule has 1 fully saturated rings. The van der Waals surface area contributed by atoms with Crippen LogP contribution in [0.1, 0.15) is 43.7 Å². The summed E-state index contributed by atoms with van der Waals surface area (Å²) in [7, 11) is 0. The number of carbonyl (C=O) groups excluding carboxylic acids is 1. The van der Waals surface area contributed by atoms with Gasteiger partial charge in [0.25, 0.3) is 0 Å². The largest absolute Gasteiger partial charge is 0.490 e. The summed E-state index contributed by atoms with van der Waals surface area (Å²) in [6, 6.07) is 20.7. The Bertz CT molecular complexity index is 1140. The van der Waals surface area contributed by atoms with Crippen LogP contribution in [-0.2, 0) is 22.6 Å². The molecule has 3 aromatic carbocycles. The number of halogens is 2. The third-order valence-electron chi connectivity index (χ3n) is 6.34. The summed E-state index contributed by atoms with van der Waals surface area (Å²) in [5, 5.41) is 2.83. The first-order valence-electron chi connectivity index (χ1n) is 12.1. The third-order valence-corrected chi connectivity index (χ3v) is 7.12. The highest BCUT2D eigenvalue weighted by molar-refractivity contribution is 9.10. The van der Waals surface area contributed by atoms with Crippen molar-refractivity contribution in [3.8, 4) is 16.9 Å². The van der Waals surface area contributed by atoms with Crippen LogP contribution >= 0.6 is 15.9 Å². The lowest BCUT2D eigenvalue weighted by Gasteiger charge is -2.29. The van der Waals surface area contributed by atoms with E-state index in [0.29, 0.717) is 19.6 Å². The molecule has 1 saturated carbocycles. The van der Waals surface area contributed by atoms with E-state index in [1.165, 1.54) is 19.1 Å². The van der Waals surface area contributed by atoms with Gasteiger partial charge in [-0.2, -0.15) is 0 Å². The highest BCUT2D eigenvalue weighted by atomic mass is 79.9. The smallest absolute Gasteiger partial charge is 0.216 e. The highest BCUT2D eigenvalue weighted by Gasteiger charge is 2.23. The molecule has 3 aromatic rings. The molecular formula is C29H31BrFNO3. The number of hydrogen-bond acceptors (Lipinski definition) is 3. The Morgan fingerprint density at radius 1 is 0.971 bits per heavy atom. The van der Waals surface area contributed by atoms with Crippen molar-refractivity contribution in [1.29, 1.82) is 0 Å². The van der Waals surface area contributed by atoms with Gasteiger partial charge in [0.1, 0.15) is 11.6 Å². The van der Waals surface area contributed by atoms with Gasteiger partial charge < -0.3 is 14.8 Å². The quantitative estimate of drug-likeness (QED) is 0.323. The Hall–Kier alpha value is -2.70. The topological polar surface area (TPSA) is 47.6 Å². The molecular weight excluding hydrogens is 509 g/mol. The predicted molar refractivity (Wildman–Crippen MR) is 140 cm³/mol. The van der Waals surface area contributed by atoms with Crippen molar-refractivity contribution in [3.63, 3.8) is 0 Å². The molecule has 0 heterocycles. The number of amides is 1. The van der Waals surface area contributed by atoms with E-state index < -0.39 is 0 Å². The number of rotatable bonds is 9. The van der Waals surface area contributed by atoms with E-state index in [4.69, 9.17) is 9.47 Å². The molecule has 0 atom stereocenters. The van der Waals surface area contributed by atoms with Crippen LogP contribution in [0.25, 0.3) is 11.1 Å². The molecule has 35 heavy (non-hydrogen) atoms. The van der Waals surface area contributed by atoms with Gasteiger partial charge in [-0.15, -0.1) is 0 Å². The van der Waals surface area contributed by atoms with Crippen molar-refractivity contribution in [2.45, 2.75) is 57.8 Å². The molecule has 0 aliphatic heterocycles. The molecule has 0 radical (unpaired) electrons. The Kier molecular flexibility index (Phi) is 8.94. The lowest BCUT2D eigenvalue weighted by atomic mass is 9.94. The van der Waals surface area contributed by atoms with Gasteiger partial charge in [0.15, 0.2) is 0 Å². The van der Waals surface area contributed by atoms with Crippen molar-refractivity contribution >= 4 is 21.8 Å². The number of ether oxygens (including phenoxy) is 2. The van der Waals surface area contributed by atoms with E-state index in [-0.39, 0.29) is 23.9 Å². The molecule has 0 bridgehead atoms. The lowest BCUT2D eigenvalue weighted by molar-refractivity contribution is -0.118. The molecule has 1 aliphatic carbocycles. The molecule has 0 unspecified atom stereocenters. The SMILES string of the molecule is CC(=O)NCCc1ccc(OC2CCC(OCc3ccccc3Br)CC2)cc1-c1cccc(F)c1. The van der Waals surface area contributed by atoms with E-state index in [9.17, 15) is 9.18 Å². The fourth-order valence-electron chi connectivity index (χ4n) is 4.48. The second kappa shape index (κ2) is 12.3. The lowest BCUT2D eigenvalue weighted by Crippen LogP contribution is -2.28. The zero-order valence-corrected chi connectivity index (χ0v) is 21.5. The molecule has 0 aromatic heterocycles. The first-order valence-corrected chi connectivity index (χ1v) is 12.9. The maximum Gasteiger partial charge on any atom is 0.216 e. The Balaban J connectivity index is 1.38. The normalized spacial score (nSPS) is 17.7. The highest BCUT2D eigenvalue weighted by Crippen LogP contribution is 2.32. The van der Waals surface area contributed by atoms with Gasteiger partial charge in [0.05, 0.1) is 18.8 Å². The second-order valence-corrected chi connectivity index (χ2v) is 9.84. The van der Waals surface area contributed by atoms with Gasteiger partial charge in [-0.25, -0.2) is 4.39 Å². The van der Waals surface area contributed by atoms with Gasteiger partial charge in [0, 0.05) is 17.9 Å². The first kappa shape index (κ1) is 25.4. The van der Waals surface area contributed by atoms with Crippen LogP contribution in [0.5, 0.6) is 5.75 Å². The Labute approximate surface area is 215 Å². The van der Waals surface area contributed by atoms with Crippen molar-refractivity contribution in [2.75, 3.05) is 6.54 Å². The third kappa shape index (κ3) is 7.39. The molecule has 6 heteroatoms. The van der Waals surface area contributed by atoms with Crippen molar-refractivity contribution in [3.05, 3.63) is 88.1 Å². The zero-order chi connectivity index (χ0) is 24.6. The fraction of sp³-hybridized carbons (Fsp3) is 0.345. The number of carbonyl (C=O) groups is 1. The molecule has 0 spiro atoms. The van der Waals surface area contributed by atoms with Gasteiger partial charge >= 0.3 is 0 Å². The van der Waals surface area contributed by atoms with Gasteiger partial charge in [-0.05, 0) is 84.7 Å². The van der Waals surface area contributed by atoms with Crippen molar-refractivity contribution < 1.29 is 18.7 Å². The van der Waals surface area contributed by atoms with Crippen molar-refractivity contribution in [2.24, 2.45) is 0 Å². The molecule has 0 saturated heterocycles. The standard InChI is InChI=1S/C29H31BrFNO3/c1-20(33)32-16-15-21-9-10-27(18-28(21)22-6-4-7-24(31)17-22)35-26-13-11-25(12-14-26)34-19-23-5-2-3-8-29(23)30/h2-10,17-18,25-26H,11-16,19H2,1H3,(H,32,33). The van der Waals surface area contributed by atoms with E-state index >= 15 is 0 Å². The molecule has 1 N–H and O–H groups in total. The number of nitrogens with one attached hydrogen (secondary N) is 1. The van der Waals surface area contributed by atoms with Crippen LogP contribution in [0.4, 0.5) is 4.39 Å². The van der Waals surface area contributed by atoms with Gasteiger partial charge in [0.2, 0.25) is 5.91 Å². The van der Waals surface area contributed by atoms with E-state index in [0.717, 1.165) is 58.2 Å². The van der Waals surface area contributed by atoms with Crippen molar-refractivity contribution in [1.82, 2.24) is 5.32 Å². The minimum Gasteiger partial charge on any atom is -0.490 e. The minimum atomic E-state index is -0.275. The average Bonchev–Trinajstić information content (AvgIpc) is 2.85. The van der Waals surface area contributed by atoms with Crippen LogP contribution in [0, 0.1) is 5.82 Å². The molecule has 4 rings (SSSR count). The van der Waals surface area contributed by atoms with Crippen LogP contribution < -0.4 is 10.1 Å². The summed E-state index contributed by atoms with van der Waals surface area (Å²) < 4.78 is 27.5. The minimum absolute atomic E-state index is 0.0618. The Morgan fingerprint density at radius 3 is 2.49 bits per heavy atom. The summed E-state index contributed by atoms with van der Waals surface area (Å²) in [6.45, 7) is 2.64. The summed E-state index contributed by atoms with van der Waals surface area (Å²) in [6.07, 6.45) is 4.80. The second-order valence-electron chi connectivity index (χ2n) is 8.98.